The first-order chi connectivity index (χ1) is 16.5. The maximum Gasteiger partial charge on any atom is 0.335 e. The molecule has 2 atom stereocenters. The number of aromatic nitrogens is 2. The Morgan fingerprint density at radius 2 is 1.94 bits per heavy atom. The molecule has 1 aromatic carbocycles. The predicted octanol–water partition coefficient (Wildman–Crippen LogP) is 4.92. The normalized spacial score (nSPS) is 17.6. The van der Waals surface area contributed by atoms with Crippen LogP contribution in [0.2, 0.25) is 0 Å². The number of hydrogen-bond acceptors (Lipinski definition) is 5. The minimum Gasteiger partial charge on any atom is -0.478 e. The molecule has 34 heavy (non-hydrogen) atoms. The van der Waals surface area contributed by atoms with Crippen LogP contribution in [-0.4, -0.2) is 31.1 Å². The number of hydrogen-bond donors (Lipinski definition) is 2. The summed E-state index contributed by atoms with van der Waals surface area (Å²) in [7, 11) is 0. The van der Waals surface area contributed by atoms with Gasteiger partial charge in [0.15, 0.2) is 5.11 Å². The van der Waals surface area contributed by atoms with Gasteiger partial charge in [0.1, 0.15) is 17.6 Å². The van der Waals surface area contributed by atoms with Crippen molar-refractivity contribution in [1.82, 2.24) is 20.2 Å². The van der Waals surface area contributed by atoms with E-state index in [-0.39, 0.29) is 17.6 Å². The minimum atomic E-state index is -0.953. The molecule has 5 rings (SSSR count). The van der Waals surface area contributed by atoms with Crippen molar-refractivity contribution in [2.24, 2.45) is 0 Å². The first-order valence-electron chi connectivity index (χ1n) is 10.8. The predicted molar refractivity (Wildman–Crippen MR) is 131 cm³/mol. The Morgan fingerprint density at radius 1 is 1.12 bits per heavy atom. The van der Waals surface area contributed by atoms with Gasteiger partial charge in [-0.3, -0.25) is 9.97 Å². The van der Waals surface area contributed by atoms with Gasteiger partial charge in [0.25, 0.3) is 0 Å². The molecular weight excluding hydrogens is 448 g/mol. The average Bonchev–Trinajstić information content (AvgIpc) is 3.45. The summed E-state index contributed by atoms with van der Waals surface area (Å²) in [6.07, 6.45) is 5.30. The van der Waals surface area contributed by atoms with Gasteiger partial charge in [-0.25, -0.2) is 4.79 Å². The van der Waals surface area contributed by atoms with Crippen molar-refractivity contribution in [3.8, 4) is 11.3 Å². The van der Waals surface area contributed by atoms with Crippen LogP contribution >= 0.6 is 12.2 Å². The van der Waals surface area contributed by atoms with Gasteiger partial charge in [-0.2, -0.15) is 0 Å². The summed E-state index contributed by atoms with van der Waals surface area (Å²) in [4.78, 5) is 22.1. The van der Waals surface area contributed by atoms with Gasteiger partial charge < -0.3 is 19.7 Å². The van der Waals surface area contributed by atoms with Crippen molar-refractivity contribution in [3.05, 3.63) is 107 Å². The van der Waals surface area contributed by atoms with Crippen molar-refractivity contribution >= 4 is 23.3 Å². The van der Waals surface area contributed by atoms with E-state index >= 15 is 0 Å². The molecule has 0 amide bonds. The molecule has 0 unspecified atom stereocenters. The molecule has 0 saturated carbocycles. The van der Waals surface area contributed by atoms with Crippen LogP contribution in [-0.2, 0) is 6.54 Å². The molecule has 0 aliphatic carbocycles. The largest absolute Gasteiger partial charge is 0.478 e. The Kier molecular flexibility index (Phi) is 5.81. The second kappa shape index (κ2) is 9.07. The van der Waals surface area contributed by atoms with Crippen LogP contribution in [0, 0.1) is 6.92 Å². The second-order valence-corrected chi connectivity index (χ2v) is 8.53. The van der Waals surface area contributed by atoms with E-state index in [4.69, 9.17) is 16.6 Å². The highest BCUT2D eigenvalue weighted by atomic mass is 32.1. The quantitative estimate of drug-likeness (QED) is 0.384. The average molecular weight is 471 g/mol. The lowest BCUT2D eigenvalue weighted by Gasteiger charge is -2.26. The smallest absolute Gasteiger partial charge is 0.335 e. The summed E-state index contributed by atoms with van der Waals surface area (Å²) in [5.74, 6) is 0.463. The molecule has 0 bridgehead atoms. The molecule has 1 aliphatic rings. The van der Waals surface area contributed by atoms with Gasteiger partial charge >= 0.3 is 5.97 Å². The number of benzene rings is 1. The number of rotatable bonds is 6. The summed E-state index contributed by atoms with van der Waals surface area (Å²) in [6, 6.07) is 18.2. The van der Waals surface area contributed by atoms with Crippen molar-refractivity contribution < 1.29 is 14.3 Å². The van der Waals surface area contributed by atoms with Crippen LogP contribution < -0.4 is 5.32 Å². The molecule has 1 fully saturated rings. The monoisotopic (exact) mass is 470 g/mol. The highest BCUT2D eigenvalue weighted by molar-refractivity contribution is 7.80. The standard InChI is InChI=1S/C26H22N4O3S/c1-16-14-18(25(31)32)5-6-19(16)21-7-8-22(33-21)24-23(20-4-2-3-11-28-20)29-26(34)30(24)15-17-9-12-27-13-10-17/h2-14,23-24H,15H2,1H3,(H,29,34)(H,31,32)/t23-,24+/m0/s1. The minimum absolute atomic E-state index is 0.190. The lowest BCUT2D eigenvalue weighted by atomic mass is 10.0. The zero-order chi connectivity index (χ0) is 23.7. The molecule has 3 aromatic heterocycles. The number of carboxylic acid groups (broad SMARTS) is 1. The zero-order valence-corrected chi connectivity index (χ0v) is 19.2. The Morgan fingerprint density at radius 3 is 2.65 bits per heavy atom. The Hall–Kier alpha value is -4.04. The molecule has 170 valence electrons. The van der Waals surface area contributed by atoms with Gasteiger partial charge in [0.05, 0.1) is 17.3 Å². The van der Waals surface area contributed by atoms with Crippen molar-refractivity contribution in [2.45, 2.75) is 25.6 Å². The first-order valence-corrected chi connectivity index (χ1v) is 11.2. The van der Waals surface area contributed by atoms with E-state index in [1.54, 1.807) is 36.8 Å². The third-order valence-corrected chi connectivity index (χ3v) is 6.31. The molecule has 4 aromatic rings. The van der Waals surface area contributed by atoms with Crippen LogP contribution in [0.3, 0.4) is 0 Å². The number of nitrogens with zero attached hydrogens (tertiary/aromatic N) is 3. The van der Waals surface area contributed by atoms with Gasteiger partial charge in [-0.1, -0.05) is 12.1 Å². The summed E-state index contributed by atoms with van der Waals surface area (Å²) in [5, 5.41) is 13.3. The van der Waals surface area contributed by atoms with E-state index in [1.807, 2.05) is 49.4 Å². The maximum atomic E-state index is 11.3. The number of furan rings is 1. The fourth-order valence-electron chi connectivity index (χ4n) is 4.30. The second-order valence-electron chi connectivity index (χ2n) is 8.15. The topological polar surface area (TPSA) is 91.5 Å². The first kappa shape index (κ1) is 21.8. The number of aromatic carboxylic acids is 1. The summed E-state index contributed by atoms with van der Waals surface area (Å²) in [5.41, 5.74) is 3.87. The lowest BCUT2D eigenvalue weighted by molar-refractivity contribution is 0.0697. The van der Waals surface area contributed by atoms with E-state index in [2.05, 4.69) is 20.2 Å². The number of aryl methyl sites for hydroxylation is 1. The number of nitrogens with one attached hydrogen (secondary N) is 1. The molecule has 7 nitrogen and oxygen atoms in total. The van der Waals surface area contributed by atoms with E-state index in [9.17, 15) is 9.90 Å². The van der Waals surface area contributed by atoms with Crippen molar-refractivity contribution in [2.75, 3.05) is 0 Å². The van der Waals surface area contributed by atoms with Gasteiger partial charge in [-0.05, 0) is 78.8 Å². The summed E-state index contributed by atoms with van der Waals surface area (Å²) in [6.45, 7) is 2.47. The van der Waals surface area contributed by atoms with E-state index in [0.29, 0.717) is 17.4 Å². The SMILES string of the molecule is Cc1cc(C(=O)O)ccc1-c1ccc([C@@H]2[C@H](c3ccccn3)NC(=S)N2Cc2ccncc2)o1. The van der Waals surface area contributed by atoms with Gasteiger partial charge in [-0.15, -0.1) is 0 Å². The molecule has 1 aliphatic heterocycles. The van der Waals surface area contributed by atoms with Crippen molar-refractivity contribution in [1.29, 1.82) is 0 Å². The maximum absolute atomic E-state index is 11.3. The van der Waals surface area contributed by atoms with E-state index in [1.165, 1.54) is 0 Å². The Labute approximate surface area is 202 Å². The number of thiocarbonyl (C=S) groups is 1. The summed E-state index contributed by atoms with van der Waals surface area (Å²) >= 11 is 5.73. The molecule has 0 radical (unpaired) electrons. The number of carboxylic acids is 1. The molecule has 8 heteroatoms. The van der Waals surface area contributed by atoms with Gasteiger partial charge in [0, 0.05) is 30.7 Å². The highest BCUT2D eigenvalue weighted by Crippen LogP contribution is 2.41. The lowest BCUT2D eigenvalue weighted by Crippen LogP contribution is -2.29. The van der Waals surface area contributed by atoms with E-state index < -0.39 is 5.97 Å². The van der Waals surface area contributed by atoms with Crippen LogP contribution in [0.1, 0.15) is 45.0 Å². The van der Waals surface area contributed by atoms with Crippen molar-refractivity contribution in [3.63, 3.8) is 0 Å². The number of pyridine rings is 2. The highest BCUT2D eigenvalue weighted by Gasteiger charge is 2.41. The molecule has 1 saturated heterocycles. The zero-order valence-electron chi connectivity index (χ0n) is 18.4. The van der Waals surface area contributed by atoms with Crippen LogP contribution in [0.25, 0.3) is 11.3 Å². The van der Waals surface area contributed by atoms with Crippen LogP contribution in [0.15, 0.2) is 83.7 Å². The fourth-order valence-corrected chi connectivity index (χ4v) is 4.60. The van der Waals surface area contributed by atoms with Gasteiger partial charge in [0.2, 0.25) is 0 Å². The number of carbonyl (C=O) groups is 1. The van der Waals surface area contributed by atoms with E-state index in [0.717, 1.165) is 28.1 Å². The van der Waals surface area contributed by atoms with Crippen LogP contribution in [0.4, 0.5) is 0 Å². The van der Waals surface area contributed by atoms with Crippen LogP contribution in [0.5, 0.6) is 0 Å². The molecule has 2 N–H and O–H groups in total. The Bertz CT molecular complexity index is 1340. The Balaban J connectivity index is 1.53. The summed E-state index contributed by atoms with van der Waals surface area (Å²) < 4.78 is 6.37. The molecule has 0 spiro atoms. The fraction of sp³-hybridized carbons (Fsp3) is 0.154. The third kappa shape index (κ3) is 4.15. The molecule has 4 heterocycles. The third-order valence-electron chi connectivity index (χ3n) is 5.96. The molecular formula is C26H22N4O3S.